The zero-order valence-corrected chi connectivity index (χ0v) is 28.9. The molecule has 0 radical (unpaired) electrons. The van der Waals surface area contributed by atoms with E-state index < -0.39 is 48.7 Å². The number of rotatable bonds is 17. The van der Waals surface area contributed by atoms with Crippen LogP contribution in [0.1, 0.15) is 45.6 Å². The number of aromatic nitrogens is 7. The van der Waals surface area contributed by atoms with E-state index in [1.54, 1.807) is 0 Å². The molecule has 20 heteroatoms. The number of nitrogens with one attached hydrogen (secondary N) is 2. The first kappa shape index (κ1) is 37.1. The number of hydrogen-bond acceptors (Lipinski definition) is 18. The van der Waals surface area contributed by atoms with Gasteiger partial charge in [0.15, 0.2) is 38.3 Å². The predicted octanol–water partition coefficient (Wildman–Crippen LogP) is 0.740. The predicted molar refractivity (Wildman–Crippen MR) is 179 cm³/mol. The summed E-state index contributed by atoms with van der Waals surface area (Å²) in [6.07, 6.45) is -4.11. The van der Waals surface area contributed by atoms with Crippen LogP contribution in [0.2, 0.25) is 5.15 Å². The number of nitrogens with zero attached hydrogens (tertiary/aromatic N) is 7. The second kappa shape index (κ2) is 17.2. The molecule has 5 rings (SSSR count). The van der Waals surface area contributed by atoms with Crippen molar-refractivity contribution in [1.29, 1.82) is 0 Å². The van der Waals surface area contributed by atoms with Gasteiger partial charge < -0.3 is 50.7 Å². The van der Waals surface area contributed by atoms with E-state index in [0.717, 1.165) is 24.3 Å². The summed E-state index contributed by atoms with van der Waals surface area (Å²) in [6.45, 7) is 3.63. The minimum absolute atomic E-state index is 0.00937. The van der Waals surface area contributed by atoms with E-state index in [1.807, 2.05) is 13.8 Å². The second-order valence-electron chi connectivity index (χ2n) is 11.4. The fourth-order valence-electron chi connectivity index (χ4n) is 5.64. The molecule has 8 atom stereocenters. The van der Waals surface area contributed by atoms with Gasteiger partial charge in [-0.1, -0.05) is 54.2 Å². The Labute approximate surface area is 290 Å². The average molecular weight is 732 g/mol. The summed E-state index contributed by atoms with van der Waals surface area (Å²) in [5.74, 6) is 1.93. The van der Waals surface area contributed by atoms with Crippen LogP contribution in [-0.2, 0) is 9.47 Å². The molecule has 2 fully saturated rings. The number of thioether (sulfide) groups is 2. The van der Waals surface area contributed by atoms with E-state index in [4.69, 9.17) is 31.0 Å². The van der Waals surface area contributed by atoms with E-state index in [2.05, 4.69) is 30.9 Å². The maximum Gasteiger partial charge on any atom is 0.191 e. The Morgan fingerprint density at radius 2 is 1.42 bits per heavy atom. The molecule has 3 aromatic rings. The summed E-state index contributed by atoms with van der Waals surface area (Å²) in [6, 6.07) is -1.41. The first-order valence-corrected chi connectivity index (χ1v) is 18.2. The lowest BCUT2D eigenvalue weighted by molar-refractivity contribution is -0.0629. The van der Waals surface area contributed by atoms with Gasteiger partial charge in [-0.3, -0.25) is 0 Å². The minimum Gasteiger partial charge on any atom is -0.394 e. The summed E-state index contributed by atoms with van der Waals surface area (Å²) < 4.78 is 12.5. The number of aliphatic hydroxyl groups excluding tert-OH is 6. The van der Waals surface area contributed by atoms with Crippen molar-refractivity contribution in [3.63, 3.8) is 0 Å². The van der Waals surface area contributed by atoms with E-state index in [1.165, 1.54) is 28.2 Å². The molecule has 0 spiro atoms. The first-order chi connectivity index (χ1) is 23.2. The fourth-order valence-corrected chi connectivity index (χ4v) is 7.30. The highest BCUT2D eigenvalue weighted by atomic mass is 35.5. The van der Waals surface area contributed by atoms with Gasteiger partial charge in [0.05, 0.1) is 50.7 Å². The third kappa shape index (κ3) is 8.23. The zero-order chi connectivity index (χ0) is 34.4. The van der Waals surface area contributed by atoms with E-state index in [9.17, 15) is 30.6 Å². The Balaban J connectivity index is 1.52. The van der Waals surface area contributed by atoms with Gasteiger partial charge in [0.1, 0.15) is 30.1 Å². The van der Waals surface area contributed by atoms with Crippen LogP contribution >= 0.6 is 35.1 Å². The Bertz CT molecular complexity index is 1510. The van der Waals surface area contributed by atoms with Gasteiger partial charge in [0.25, 0.3) is 0 Å². The van der Waals surface area contributed by atoms with E-state index in [-0.39, 0.29) is 67.3 Å². The Hall–Kier alpha value is -2.17. The molecule has 3 heterocycles. The average Bonchev–Trinajstić information content (AvgIpc) is 3.71. The highest BCUT2D eigenvalue weighted by Gasteiger charge is 2.45. The van der Waals surface area contributed by atoms with Crippen molar-refractivity contribution >= 4 is 63.6 Å². The molecular formula is C28H42ClN9O8S2. The number of aliphatic hydroxyl groups is 6. The van der Waals surface area contributed by atoms with Crippen molar-refractivity contribution in [3.8, 4) is 0 Å². The Morgan fingerprint density at radius 3 is 2.06 bits per heavy atom. The zero-order valence-electron chi connectivity index (χ0n) is 26.5. The fraction of sp³-hybridized carbons (Fsp3) is 0.714. The normalized spacial score (nSPS) is 27.3. The highest BCUT2D eigenvalue weighted by molar-refractivity contribution is 7.99. The lowest BCUT2D eigenvalue weighted by atomic mass is 10.2. The van der Waals surface area contributed by atoms with E-state index in [0.29, 0.717) is 16.0 Å². The van der Waals surface area contributed by atoms with Crippen LogP contribution in [0, 0.1) is 0 Å². The summed E-state index contributed by atoms with van der Waals surface area (Å²) in [7, 11) is 0. The second-order valence-corrected chi connectivity index (χ2v) is 13.9. The third-order valence-electron chi connectivity index (χ3n) is 7.97. The van der Waals surface area contributed by atoms with Crippen LogP contribution in [0.5, 0.6) is 0 Å². The molecule has 0 aromatic carbocycles. The third-order valence-corrected chi connectivity index (χ3v) is 10.4. The summed E-state index contributed by atoms with van der Waals surface area (Å²) in [5, 5.41) is 77.3. The lowest BCUT2D eigenvalue weighted by Gasteiger charge is -2.21. The molecule has 17 nitrogen and oxygen atoms in total. The molecule has 266 valence electrons. The number of anilines is 3. The topological polar surface area (TPSA) is 246 Å². The smallest absolute Gasteiger partial charge is 0.191 e. The number of ether oxygens (including phenoxy) is 2. The summed E-state index contributed by atoms with van der Waals surface area (Å²) in [4.78, 5) is 18.6. The van der Waals surface area contributed by atoms with Crippen molar-refractivity contribution < 1.29 is 40.1 Å². The molecule has 0 saturated heterocycles. The number of halogens is 1. The van der Waals surface area contributed by atoms with Crippen molar-refractivity contribution in [1.82, 2.24) is 34.9 Å². The van der Waals surface area contributed by atoms with Crippen molar-refractivity contribution in [3.05, 3.63) is 5.15 Å². The molecular weight excluding hydrogens is 690 g/mol. The molecule has 2 aliphatic rings. The summed E-state index contributed by atoms with van der Waals surface area (Å²) >= 11 is 9.59. The van der Waals surface area contributed by atoms with E-state index >= 15 is 0 Å². The molecule has 0 bridgehead atoms. The van der Waals surface area contributed by atoms with Gasteiger partial charge in [-0.2, -0.15) is 0 Å². The molecule has 0 unspecified atom stereocenters. The Kier molecular flexibility index (Phi) is 13.3. The number of fused-ring (bicyclic) bond motifs is 1. The van der Waals surface area contributed by atoms with Crippen molar-refractivity contribution in [2.75, 3.05) is 48.6 Å². The van der Waals surface area contributed by atoms with Crippen molar-refractivity contribution in [2.45, 2.75) is 98.6 Å². The Morgan fingerprint density at radius 1 is 0.812 bits per heavy atom. The molecule has 3 aromatic heterocycles. The molecule has 0 amide bonds. The van der Waals surface area contributed by atoms with Gasteiger partial charge in [-0.25, -0.2) is 24.6 Å². The van der Waals surface area contributed by atoms with Crippen LogP contribution in [0.4, 0.5) is 17.3 Å². The summed E-state index contributed by atoms with van der Waals surface area (Å²) in [5.41, 5.74) is 0.774. The number of hydrogen-bond donors (Lipinski definition) is 8. The van der Waals surface area contributed by atoms with Crippen LogP contribution in [0.15, 0.2) is 10.3 Å². The maximum atomic E-state index is 10.9. The first-order valence-electron chi connectivity index (χ1n) is 15.9. The highest BCUT2D eigenvalue weighted by Crippen LogP contribution is 2.39. The molecule has 0 aliphatic heterocycles. The SMILES string of the molecule is CCCSc1nc(Cl)c(Nc2nc(SCCC)nc3c2nnn3[C@@H]2C[C@H](OCCO)[C@@H](O)[C@H]2O)c(N[C@H]2C[C@H](OCCO)[C@@H](O)[C@H]2O)n1. The molecule has 2 saturated carbocycles. The van der Waals surface area contributed by atoms with Gasteiger partial charge >= 0.3 is 0 Å². The quantitative estimate of drug-likeness (QED) is 0.0542. The minimum atomic E-state index is -1.23. The lowest BCUT2D eigenvalue weighted by Crippen LogP contribution is -2.36. The molecule has 2 aliphatic carbocycles. The van der Waals surface area contributed by atoms with Crippen LogP contribution < -0.4 is 10.6 Å². The van der Waals surface area contributed by atoms with Crippen molar-refractivity contribution in [2.24, 2.45) is 0 Å². The maximum absolute atomic E-state index is 10.9. The monoisotopic (exact) mass is 731 g/mol. The van der Waals surface area contributed by atoms with Crippen LogP contribution in [0.3, 0.4) is 0 Å². The largest absolute Gasteiger partial charge is 0.394 e. The van der Waals surface area contributed by atoms with Gasteiger partial charge in [-0.15, -0.1) is 5.10 Å². The molecule has 48 heavy (non-hydrogen) atoms. The van der Waals surface area contributed by atoms with Crippen LogP contribution in [-0.4, -0.2) is 146 Å². The van der Waals surface area contributed by atoms with Crippen LogP contribution in [0.25, 0.3) is 11.2 Å². The standard InChI is InChI=1S/C28H42ClN9O8S2/c1-3-9-47-27-32-23(29)17(24(33-27)30-13-11-15(45-7-5-39)21(43)19(13)41)31-25-18-26(35-28(34-25)48-10-4-2)38(37-36-18)14-12-16(46-8-6-40)22(44)20(14)42/h13-16,19-22,39-44H,3-12H2,1-2H3,(H,30,32,33)(H,31,34,35)/t13-,14+,15-,16-,19-,20-,21+,22+/m0/s1. The molecule has 8 N–H and O–H groups in total. The van der Waals surface area contributed by atoms with Gasteiger partial charge in [-0.05, 0) is 19.3 Å². The van der Waals surface area contributed by atoms with Gasteiger partial charge in [0.2, 0.25) is 0 Å². The van der Waals surface area contributed by atoms with Gasteiger partial charge in [0, 0.05) is 17.9 Å².